The van der Waals surface area contributed by atoms with Crippen molar-refractivity contribution in [1.82, 2.24) is 15.3 Å². The molecular formula is C28H34F2LiN5O3-2. The number of allylic oxidation sites excluding steroid dienone is 4. The fourth-order valence-electron chi connectivity index (χ4n) is 4.35. The molecule has 39 heavy (non-hydrogen) atoms. The van der Waals surface area contributed by atoms with Crippen molar-refractivity contribution in [3.05, 3.63) is 77.5 Å². The maximum atomic E-state index is 14.9. The molecule has 0 amide bonds. The number of nitrogens with one attached hydrogen (secondary N) is 1. The first-order chi connectivity index (χ1) is 18.1. The van der Waals surface area contributed by atoms with Gasteiger partial charge in [0, 0.05) is 26.5 Å². The van der Waals surface area contributed by atoms with Crippen LogP contribution in [0.4, 0.5) is 8.78 Å². The zero-order valence-corrected chi connectivity index (χ0v) is 23.3. The second-order valence-electron chi connectivity index (χ2n) is 9.10. The maximum Gasteiger partial charge on any atom is 1.00 e. The van der Waals surface area contributed by atoms with E-state index >= 15 is 0 Å². The molecule has 0 saturated heterocycles. The van der Waals surface area contributed by atoms with E-state index in [-0.39, 0.29) is 43.0 Å². The molecule has 2 heterocycles. The van der Waals surface area contributed by atoms with Crippen LogP contribution in [0.15, 0.2) is 62.0 Å². The van der Waals surface area contributed by atoms with Gasteiger partial charge in [0.25, 0.3) is 0 Å². The van der Waals surface area contributed by atoms with E-state index < -0.39 is 24.2 Å². The normalized spacial score (nSPS) is 24.3. The van der Waals surface area contributed by atoms with Crippen LogP contribution in [0.3, 0.4) is 0 Å². The Morgan fingerprint density at radius 1 is 1.41 bits per heavy atom. The summed E-state index contributed by atoms with van der Waals surface area (Å²) in [5.41, 5.74) is 1.61. The van der Waals surface area contributed by atoms with Crippen molar-refractivity contribution in [3.63, 3.8) is 0 Å². The Hall–Kier alpha value is -2.61. The Labute approximate surface area is 241 Å². The third kappa shape index (κ3) is 8.19. The molecule has 5 unspecified atom stereocenters. The van der Waals surface area contributed by atoms with Gasteiger partial charge in [-0.15, -0.1) is 18.2 Å². The number of aromatic nitrogens is 1. The fourth-order valence-corrected chi connectivity index (χ4v) is 4.35. The first-order valence-corrected chi connectivity index (χ1v) is 12.4. The van der Waals surface area contributed by atoms with Crippen molar-refractivity contribution >= 4 is 11.9 Å². The van der Waals surface area contributed by atoms with E-state index in [4.69, 9.17) is 15.7 Å². The van der Waals surface area contributed by atoms with Gasteiger partial charge >= 0.3 is 18.9 Å². The van der Waals surface area contributed by atoms with E-state index in [1.165, 1.54) is 24.4 Å². The van der Waals surface area contributed by atoms with Crippen LogP contribution in [0.25, 0.3) is 0 Å². The number of rotatable bonds is 12. The average Bonchev–Trinajstić information content (AvgIpc) is 3.37. The summed E-state index contributed by atoms with van der Waals surface area (Å²) in [6.07, 6.45) is 8.52. The summed E-state index contributed by atoms with van der Waals surface area (Å²) in [5, 5.41) is 20.2. The van der Waals surface area contributed by atoms with Crippen molar-refractivity contribution in [2.45, 2.75) is 51.6 Å². The molecular weight excluding hydrogens is 499 g/mol. The summed E-state index contributed by atoms with van der Waals surface area (Å²) in [5.74, 6) is -0.355. The largest absolute Gasteiger partial charge is 1.00 e. The van der Waals surface area contributed by atoms with Crippen molar-refractivity contribution in [3.8, 4) is 0 Å². The van der Waals surface area contributed by atoms with Crippen molar-refractivity contribution in [2.75, 3.05) is 27.2 Å². The minimum Gasteiger partial charge on any atom is -0.534 e. The summed E-state index contributed by atoms with van der Waals surface area (Å²) in [4.78, 5) is 8.13. The van der Waals surface area contributed by atoms with Gasteiger partial charge in [-0.3, -0.25) is 11.2 Å². The summed E-state index contributed by atoms with van der Waals surface area (Å²) >= 11 is 0. The average molecular weight is 534 g/mol. The first-order valence-electron chi connectivity index (χ1n) is 12.4. The van der Waals surface area contributed by atoms with Crippen LogP contribution >= 0.6 is 0 Å². The topological polar surface area (TPSA) is 95.5 Å². The number of nitrogens with zero attached hydrogens (tertiary/aromatic N) is 4. The number of alkyl halides is 1. The molecule has 1 aromatic rings. The van der Waals surface area contributed by atoms with Gasteiger partial charge in [-0.05, 0) is 33.4 Å². The number of hydrogen-bond acceptors (Lipinski definition) is 8. The van der Waals surface area contributed by atoms with Crippen molar-refractivity contribution in [1.29, 1.82) is 0 Å². The van der Waals surface area contributed by atoms with Crippen LogP contribution in [0, 0.1) is 32.4 Å². The Morgan fingerprint density at radius 2 is 2.15 bits per heavy atom. The van der Waals surface area contributed by atoms with E-state index in [9.17, 15) is 13.9 Å². The summed E-state index contributed by atoms with van der Waals surface area (Å²) in [6, 6.07) is -0.0551. The van der Waals surface area contributed by atoms with Gasteiger partial charge in [-0.1, -0.05) is 6.21 Å². The third-order valence-electron chi connectivity index (χ3n) is 6.46. The number of halogens is 2. The van der Waals surface area contributed by atoms with E-state index in [2.05, 4.69) is 32.7 Å². The number of aliphatic hydroxyl groups is 1. The Kier molecular flexibility index (Phi) is 12.7. The first kappa shape index (κ1) is 32.6. The summed E-state index contributed by atoms with van der Waals surface area (Å²) < 4.78 is 40.5. The second-order valence-corrected chi connectivity index (χ2v) is 9.10. The molecule has 206 valence electrons. The van der Waals surface area contributed by atoms with Gasteiger partial charge in [-0.2, -0.15) is 22.8 Å². The molecule has 0 spiro atoms. The summed E-state index contributed by atoms with van der Waals surface area (Å²) in [6.45, 7) is 12.2. The van der Waals surface area contributed by atoms with Gasteiger partial charge in [0.1, 0.15) is 5.83 Å². The molecule has 1 aliphatic heterocycles. The molecule has 3 rings (SSSR count). The number of ether oxygens (including phenoxy) is 1. The molecule has 0 radical (unpaired) electrons. The van der Waals surface area contributed by atoms with Crippen molar-refractivity contribution < 1.29 is 41.9 Å². The zero-order valence-electron chi connectivity index (χ0n) is 23.3. The molecule has 0 aromatic carbocycles. The fraction of sp³-hybridized carbons (Fsp3) is 0.464. The molecule has 2 N–H and O–H groups in total. The molecule has 1 aliphatic carbocycles. The van der Waals surface area contributed by atoms with E-state index in [0.29, 0.717) is 41.6 Å². The Morgan fingerprint density at radius 3 is 2.82 bits per heavy atom. The van der Waals surface area contributed by atoms with Gasteiger partial charge in [-0.25, -0.2) is 20.3 Å². The standard InChI is InChI=1S/C28H34F2N5O3.Li/c1-17(9-7-14-32-15-8-13-31-5)21-10-11-23(29)24(30)28(21)37-16-12-22-19(3)35(6)34-25(22)26(36)27-18(2)33-20(4)38-27;/h1,7,9-11,15,19,22,24,26,28,31,36H,12-13,16H2,2-6H3;/q-3;+1/b9-7-;. The molecule has 5 atom stereocenters. The molecule has 1 aromatic heterocycles. The molecule has 0 saturated carbocycles. The maximum absolute atomic E-state index is 14.9. The number of hydrazone groups is 1. The number of aryl methyl sites for hydroxylation is 2. The van der Waals surface area contributed by atoms with E-state index in [1.54, 1.807) is 25.9 Å². The molecule has 8 nitrogen and oxygen atoms in total. The quantitative estimate of drug-likeness (QED) is 0.180. The summed E-state index contributed by atoms with van der Waals surface area (Å²) in [7, 11) is 3.60. The SMILES string of the molecule is [CH-]=C(/C=C\[C-]=NC=[C-]CNC)C1=CC=C(F)C(F)C1OCCC1C(C(O)c2oc(C)nc2C)=NN(C)C1C.[Li+]. The minimum absolute atomic E-state index is 0. The van der Waals surface area contributed by atoms with Crippen LogP contribution in [0.1, 0.15) is 36.8 Å². The van der Waals surface area contributed by atoms with Gasteiger partial charge in [0.2, 0.25) is 0 Å². The molecule has 2 aliphatic rings. The van der Waals surface area contributed by atoms with Crippen LogP contribution in [-0.4, -0.2) is 72.6 Å². The smallest absolute Gasteiger partial charge is 0.534 e. The molecule has 0 bridgehead atoms. The number of oxazole rings is 1. The van der Waals surface area contributed by atoms with Crippen LogP contribution < -0.4 is 24.2 Å². The van der Waals surface area contributed by atoms with Gasteiger partial charge in [0.15, 0.2) is 23.9 Å². The number of aliphatic imine (C=N–C) groups is 1. The minimum atomic E-state index is -2.00. The van der Waals surface area contributed by atoms with Crippen LogP contribution in [0.5, 0.6) is 0 Å². The van der Waals surface area contributed by atoms with Gasteiger partial charge < -0.3 is 30.6 Å². The zero-order chi connectivity index (χ0) is 27.8. The van der Waals surface area contributed by atoms with E-state index in [1.807, 2.05) is 14.0 Å². The number of likely N-dealkylation sites (N-methyl/N-ethyl adjacent to an activating group) is 1. The molecule has 0 fully saturated rings. The van der Waals surface area contributed by atoms with Crippen molar-refractivity contribution in [2.24, 2.45) is 16.0 Å². The van der Waals surface area contributed by atoms with E-state index in [0.717, 1.165) is 6.08 Å². The predicted molar refractivity (Wildman–Crippen MR) is 142 cm³/mol. The third-order valence-corrected chi connectivity index (χ3v) is 6.46. The number of aliphatic hydroxyl groups excluding tert-OH is 1. The van der Waals surface area contributed by atoms with Crippen LogP contribution in [-0.2, 0) is 4.74 Å². The van der Waals surface area contributed by atoms with Crippen LogP contribution in [0.2, 0.25) is 0 Å². The Balaban J connectivity index is 0.00000533. The predicted octanol–water partition coefficient (Wildman–Crippen LogP) is 0.941. The monoisotopic (exact) mass is 533 g/mol. The second kappa shape index (κ2) is 15.2. The molecule has 11 heteroatoms. The number of hydrogen-bond donors (Lipinski definition) is 2. The van der Waals surface area contributed by atoms with Gasteiger partial charge in [0.05, 0.1) is 23.6 Å². The Bertz CT molecular complexity index is 1170.